The van der Waals surface area contributed by atoms with E-state index in [-0.39, 0.29) is 17.3 Å². The topological polar surface area (TPSA) is 61.2 Å². The molecule has 2 saturated heterocycles. The van der Waals surface area contributed by atoms with Gasteiger partial charge in [0.1, 0.15) is 21.6 Å². The minimum absolute atomic E-state index is 0.148. The van der Waals surface area contributed by atoms with Crippen LogP contribution in [0.15, 0.2) is 52.3 Å². The molecule has 0 N–H and O–H groups in total. The van der Waals surface area contributed by atoms with Crippen LogP contribution in [0.25, 0.3) is 11.7 Å². The van der Waals surface area contributed by atoms with Crippen molar-refractivity contribution in [2.45, 2.75) is 78.1 Å². The summed E-state index contributed by atoms with van der Waals surface area (Å²) in [6.45, 7) is 7.05. The van der Waals surface area contributed by atoms with E-state index in [0.717, 1.165) is 18.4 Å². The van der Waals surface area contributed by atoms with Crippen molar-refractivity contribution in [1.82, 2.24) is 14.3 Å². The van der Waals surface area contributed by atoms with Crippen LogP contribution >= 0.6 is 24.0 Å². The molecule has 3 aromatic rings. The molecular formula is C35H44FN5O2S2. The third-order valence-corrected chi connectivity index (χ3v) is 10.0. The number of benzene rings is 1. The highest BCUT2D eigenvalue weighted by atomic mass is 32.2. The van der Waals surface area contributed by atoms with E-state index in [9.17, 15) is 14.0 Å². The molecule has 240 valence electrons. The number of hydrogen-bond acceptors (Lipinski definition) is 7. The molecule has 0 radical (unpaired) electrons. The van der Waals surface area contributed by atoms with Crippen LogP contribution in [0.5, 0.6) is 0 Å². The Morgan fingerprint density at radius 3 is 2.22 bits per heavy atom. The molecule has 2 aromatic heterocycles. The number of thiocarbonyl (C=S) groups is 1. The lowest BCUT2D eigenvalue weighted by molar-refractivity contribution is -0.122. The number of nitrogens with zero attached hydrogens (tertiary/aromatic N) is 5. The number of fused-ring (bicyclic) bond motifs is 1. The summed E-state index contributed by atoms with van der Waals surface area (Å²) in [6, 6.07) is 10.6. The second-order valence-electron chi connectivity index (χ2n) is 12.0. The van der Waals surface area contributed by atoms with Crippen LogP contribution in [0.4, 0.5) is 15.9 Å². The number of pyridine rings is 1. The van der Waals surface area contributed by atoms with Gasteiger partial charge in [0, 0.05) is 38.9 Å². The van der Waals surface area contributed by atoms with Gasteiger partial charge in [-0.3, -0.25) is 18.9 Å². The molecule has 5 rings (SSSR count). The fourth-order valence-electron chi connectivity index (χ4n) is 6.06. The largest absolute Gasteiger partial charge is 0.366 e. The van der Waals surface area contributed by atoms with E-state index in [0.29, 0.717) is 64.7 Å². The number of halogens is 1. The Hall–Kier alpha value is -3.24. The zero-order chi connectivity index (χ0) is 31.8. The molecule has 0 saturated carbocycles. The molecular weight excluding hydrogens is 606 g/mol. The van der Waals surface area contributed by atoms with Crippen LogP contribution in [0, 0.1) is 12.7 Å². The van der Waals surface area contributed by atoms with E-state index in [4.69, 9.17) is 17.2 Å². The summed E-state index contributed by atoms with van der Waals surface area (Å²) in [6.07, 6.45) is 15.7. The molecule has 2 aliphatic rings. The number of piperazine rings is 1. The number of rotatable bonds is 14. The summed E-state index contributed by atoms with van der Waals surface area (Å²) in [5.74, 6) is 0.144. The molecule has 7 nitrogen and oxygen atoms in total. The second kappa shape index (κ2) is 15.9. The maximum atomic E-state index is 14.5. The molecule has 1 aromatic carbocycles. The van der Waals surface area contributed by atoms with Crippen molar-refractivity contribution in [2.75, 3.05) is 42.5 Å². The number of thioether (sulfide) groups is 1. The van der Waals surface area contributed by atoms with Crippen molar-refractivity contribution < 1.29 is 9.18 Å². The summed E-state index contributed by atoms with van der Waals surface area (Å²) in [5.41, 5.74) is 2.20. The first-order chi connectivity index (χ1) is 21.9. The lowest BCUT2D eigenvalue weighted by Gasteiger charge is -2.37. The molecule has 1 amide bonds. The quantitative estimate of drug-likeness (QED) is 0.101. The van der Waals surface area contributed by atoms with E-state index in [2.05, 4.69) is 11.8 Å². The van der Waals surface area contributed by atoms with Gasteiger partial charge in [-0.15, -0.1) is 0 Å². The first-order valence-corrected chi connectivity index (χ1v) is 17.6. The zero-order valence-electron chi connectivity index (χ0n) is 26.5. The molecule has 0 aliphatic carbocycles. The molecule has 2 fully saturated rings. The van der Waals surface area contributed by atoms with Gasteiger partial charge in [0.15, 0.2) is 0 Å². The summed E-state index contributed by atoms with van der Waals surface area (Å²) >= 11 is 6.87. The molecule has 2 aliphatic heterocycles. The predicted molar refractivity (Wildman–Crippen MR) is 189 cm³/mol. The number of unbranched alkanes of at least 4 members (excludes halogenated alkanes) is 9. The molecule has 0 unspecified atom stereocenters. The number of anilines is 2. The van der Waals surface area contributed by atoms with Crippen LogP contribution in [-0.4, -0.2) is 57.2 Å². The monoisotopic (exact) mass is 649 g/mol. The highest BCUT2D eigenvalue weighted by molar-refractivity contribution is 8.26. The molecule has 0 atom stereocenters. The molecule has 10 heteroatoms. The third-order valence-electron chi connectivity index (χ3n) is 8.64. The van der Waals surface area contributed by atoms with Crippen LogP contribution in [0.1, 0.15) is 82.3 Å². The first-order valence-electron chi connectivity index (χ1n) is 16.4. The van der Waals surface area contributed by atoms with Crippen LogP contribution < -0.4 is 15.4 Å². The smallest absolute Gasteiger partial charge is 0.267 e. The van der Waals surface area contributed by atoms with Gasteiger partial charge in [-0.05, 0) is 43.2 Å². The minimum Gasteiger partial charge on any atom is -0.366 e. The number of hydrogen-bond donors (Lipinski definition) is 0. The number of amides is 1. The van der Waals surface area contributed by atoms with Gasteiger partial charge in [0.2, 0.25) is 0 Å². The van der Waals surface area contributed by atoms with Crippen molar-refractivity contribution in [3.8, 4) is 0 Å². The molecule has 0 bridgehead atoms. The Morgan fingerprint density at radius 1 is 0.889 bits per heavy atom. The van der Waals surface area contributed by atoms with Gasteiger partial charge in [-0.1, -0.05) is 107 Å². The number of aryl methyl sites for hydroxylation is 1. The average Bonchev–Trinajstić information content (AvgIpc) is 3.31. The van der Waals surface area contributed by atoms with Gasteiger partial charge in [0.25, 0.3) is 11.5 Å². The van der Waals surface area contributed by atoms with Gasteiger partial charge >= 0.3 is 0 Å². The van der Waals surface area contributed by atoms with E-state index in [1.54, 1.807) is 33.7 Å². The lowest BCUT2D eigenvalue weighted by atomic mass is 10.1. The molecule has 0 spiro atoms. The molecule has 45 heavy (non-hydrogen) atoms. The zero-order valence-corrected chi connectivity index (χ0v) is 28.1. The predicted octanol–water partition coefficient (Wildman–Crippen LogP) is 7.59. The van der Waals surface area contributed by atoms with Crippen molar-refractivity contribution in [3.05, 3.63) is 74.8 Å². The van der Waals surface area contributed by atoms with Crippen molar-refractivity contribution in [1.29, 1.82) is 0 Å². The SMILES string of the molecule is CCCCCCCCCCCCN1C(=O)/C(=C\c2c(N3CCN(c4ccccc4F)CC3)nc3ccc(C)cn3c2=O)SC1=S. The molecule has 4 heterocycles. The summed E-state index contributed by atoms with van der Waals surface area (Å²) < 4.78 is 16.6. The fourth-order valence-corrected chi connectivity index (χ4v) is 7.35. The van der Waals surface area contributed by atoms with Gasteiger partial charge in [-0.2, -0.15) is 0 Å². The van der Waals surface area contributed by atoms with Gasteiger partial charge in [0.05, 0.1) is 16.2 Å². The van der Waals surface area contributed by atoms with E-state index in [1.165, 1.54) is 69.2 Å². The maximum Gasteiger partial charge on any atom is 0.267 e. The van der Waals surface area contributed by atoms with E-state index >= 15 is 0 Å². The maximum absolute atomic E-state index is 14.5. The van der Waals surface area contributed by atoms with Gasteiger partial charge in [-0.25, -0.2) is 9.37 Å². The summed E-state index contributed by atoms with van der Waals surface area (Å²) in [4.78, 5) is 38.6. The third kappa shape index (κ3) is 8.14. The Bertz CT molecular complexity index is 1600. The fraction of sp³-hybridized carbons (Fsp3) is 0.486. The Labute approximate surface area is 275 Å². The van der Waals surface area contributed by atoms with Crippen molar-refractivity contribution in [2.24, 2.45) is 0 Å². The summed E-state index contributed by atoms with van der Waals surface area (Å²) in [7, 11) is 0. The second-order valence-corrected chi connectivity index (χ2v) is 13.7. The Balaban J connectivity index is 1.29. The van der Waals surface area contributed by atoms with Crippen molar-refractivity contribution >= 4 is 57.4 Å². The number of carbonyl (C=O) groups is 1. The number of aromatic nitrogens is 2. The Kier molecular flexibility index (Phi) is 11.7. The summed E-state index contributed by atoms with van der Waals surface area (Å²) in [5, 5.41) is 0. The highest BCUT2D eigenvalue weighted by Crippen LogP contribution is 2.34. The van der Waals surface area contributed by atoms with Crippen molar-refractivity contribution in [3.63, 3.8) is 0 Å². The van der Waals surface area contributed by atoms with Crippen LogP contribution in [0.3, 0.4) is 0 Å². The van der Waals surface area contributed by atoms with Crippen LogP contribution in [0.2, 0.25) is 0 Å². The number of para-hydroxylation sites is 1. The minimum atomic E-state index is -0.246. The highest BCUT2D eigenvalue weighted by Gasteiger charge is 2.33. The average molecular weight is 650 g/mol. The van der Waals surface area contributed by atoms with E-state index in [1.807, 2.05) is 30.0 Å². The normalized spacial score (nSPS) is 16.5. The number of carbonyl (C=O) groups excluding carboxylic acids is 1. The first kappa shape index (κ1) is 33.1. The van der Waals surface area contributed by atoms with E-state index < -0.39 is 0 Å². The van der Waals surface area contributed by atoms with Crippen LogP contribution in [-0.2, 0) is 4.79 Å². The standard InChI is InChI=1S/C35H44FN5O2S2/c1-3-4-5-6-7-8-9-10-11-14-19-40-34(43)30(45-35(40)44)24-27-32(37-31-18-17-26(2)25-41(31)33(27)42)39-22-20-38(21-23-39)29-16-13-12-15-28(29)36/h12-13,15-18,24-25H,3-11,14,19-23H2,1-2H3/b30-24+. The Morgan fingerprint density at radius 2 is 1.53 bits per heavy atom. The lowest BCUT2D eigenvalue weighted by Crippen LogP contribution is -2.47. The van der Waals surface area contributed by atoms with Gasteiger partial charge < -0.3 is 9.80 Å².